The second kappa shape index (κ2) is 4.14. The number of ether oxygens (including phenoxy) is 1. The molecule has 2 rings (SSSR count). The van der Waals surface area contributed by atoms with Crippen LogP contribution in [0.25, 0.3) is 0 Å². The Balaban J connectivity index is 2.40. The van der Waals surface area contributed by atoms with Crippen molar-refractivity contribution in [2.24, 2.45) is 0 Å². The van der Waals surface area contributed by atoms with Gasteiger partial charge in [-0.1, -0.05) is 30.4 Å². The summed E-state index contributed by atoms with van der Waals surface area (Å²) in [5, 5.41) is 10.5. The number of rotatable bonds is 4. The molecule has 16 heavy (non-hydrogen) atoms. The van der Waals surface area contributed by atoms with Gasteiger partial charge in [-0.15, -0.1) is 13.2 Å². The second-order valence-corrected chi connectivity index (χ2v) is 4.05. The van der Waals surface area contributed by atoms with Crippen LogP contribution in [0, 0.1) is 0 Å². The van der Waals surface area contributed by atoms with E-state index in [1.54, 1.807) is 6.08 Å². The van der Waals surface area contributed by atoms with E-state index in [1.165, 1.54) is 0 Å². The van der Waals surface area contributed by atoms with Crippen molar-refractivity contribution in [3.8, 4) is 5.75 Å². The fourth-order valence-electron chi connectivity index (χ4n) is 2.23. The van der Waals surface area contributed by atoms with Gasteiger partial charge in [-0.05, 0) is 12.5 Å². The molecule has 0 saturated carbocycles. The number of benzene rings is 1. The Labute approximate surface area is 95.9 Å². The van der Waals surface area contributed by atoms with Crippen molar-refractivity contribution in [1.82, 2.24) is 0 Å². The SMILES string of the molecule is C=CCC1c2ccccc2OC1(O)CC=C. The van der Waals surface area contributed by atoms with Crippen LogP contribution in [0.4, 0.5) is 0 Å². The lowest BCUT2D eigenvalue weighted by atomic mass is 9.88. The van der Waals surface area contributed by atoms with E-state index < -0.39 is 5.79 Å². The van der Waals surface area contributed by atoms with Gasteiger partial charge in [0, 0.05) is 12.0 Å². The summed E-state index contributed by atoms with van der Waals surface area (Å²) in [6.07, 6.45) is 4.60. The second-order valence-electron chi connectivity index (χ2n) is 4.05. The molecule has 0 aliphatic carbocycles. The van der Waals surface area contributed by atoms with E-state index in [2.05, 4.69) is 13.2 Å². The minimum absolute atomic E-state index is 0.0563. The van der Waals surface area contributed by atoms with Crippen molar-refractivity contribution in [2.45, 2.75) is 24.5 Å². The van der Waals surface area contributed by atoms with E-state index in [9.17, 15) is 5.11 Å². The molecule has 0 spiro atoms. The molecule has 1 aromatic rings. The lowest BCUT2D eigenvalue weighted by Gasteiger charge is -2.27. The van der Waals surface area contributed by atoms with Crippen LogP contribution in [0.1, 0.15) is 24.3 Å². The molecule has 1 aliphatic rings. The number of allylic oxidation sites excluding steroid dienone is 1. The zero-order valence-corrected chi connectivity index (χ0v) is 9.23. The van der Waals surface area contributed by atoms with Crippen LogP contribution >= 0.6 is 0 Å². The van der Waals surface area contributed by atoms with Gasteiger partial charge in [-0.25, -0.2) is 0 Å². The Hall–Kier alpha value is -1.54. The van der Waals surface area contributed by atoms with Crippen molar-refractivity contribution in [3.63, 3.8) is 0 Å². The first-order chi connectivity index (χ1) is 7.71. The first-order valence-electron chi connectivity index (χ1n) is 5.43. The Morgan fingerprint density at radius 1 is 1.31 bits per heavy atom. The van der Waals surface area contributed by atoms with E-state index in [-0.39, 0.29) is 5.92 Å². The molecule has 0 amide bonds. The van der Waals surface area contributed by atoms with Crippen molar-refractivity contribution < 1.29 is 9.84 Å². The highest BCUT2D eigenvalue weighted by molar-refractivity contribution is 5.42. The van der Waals surface area contributed by atoms with Gasteiger partial charge in [-0.2, -0.15) is 0 Å². The summed E-state index contributed by atoms with van der Waals surface area (Å²) in [6, 6.07) is 7.73. The van der Waals surface area contributed by atoms with Crippen LogP contribution in [0.3, 0.4) is 0 Å². The van der Waals surface area contributed by atoms with Gasteiger partial charge < -0.3 is 9.84 Å². The van der Waals surface area contributed by atoms with Crippen LogP contribution in [0.2, 0.25) is 0 Å². The van der Waals surface area contributed by atoms with Gasteiger partial charge in [0.05, 0.1) is 5.92 Å². The zero-order valence-electron chi connectivity index (χ0n) is 9.23. The summed E-state index contributed by atoms with van der Waals surface area (Å²) in [5.41, 5.74) is 1.05. The van der Waals surface area contributed by atoms with Crippen LogP contribution in [0.15, 0.2) is 49.6 Å². The summed E-state index contributed by atoms with van der Waals surface area (Å²) < 4.78 is 5.64. The van der Waals surface area contributed by atoms with Crippen molar-refractivity contribution in [1.29, 1.82) is 0 Å². The largest absolute Gasteiger partial charge is 0.461 e. The fourth-order valence-corrected chi connectivity index (χ4v) is 2.23. The molecule has 1 aromatic carbocycles. The molecule has 2 heteroatoms. The maximum atomic E-state index is 10.5. The number of para-hydroxylation sites is 1. The van der Waals surface area contributed by atoms with Crippen molar-refractivity contribution >= 4 is 0 Å². The Bertz CT molecular complexity index is 411. The maximum Gasteiger partial charge on any atom is 0.218 e. The molecule has 0 aromatic heterocycles. The van der Waals surface area contributed by atoms with Crippen molar-refractivity contribution in [2.75, 3.05) is 0 Å². The standard InChI is InChI=1S/C14H16O2/c1-3-7-12-11-8-5-6-9-13(11)16-14(12,15)10-4-2/h3-6,8-9,12,15H,1-2,7,10H2. The Morgan fingerprint density at radius 3 is 2.75 bits per heavy atom. The topological polar surface area (TPSA) is 29.5 Å². The minimum atomic E-state index is -1.17. The first kappa shape index (κ1) is 11.0. The molecule has 2 unspecified atom stereocenters. The molecule has 0 fully saturated rings. The third-order valence-electron chi connectivity index (χ3n) is 2.96. The number of aliphatic hydroxyl groups is 1. The Kier molecular flexibility index (Phi) is 2.84. The summed E-state index contributed by atoms with van der Waals surface area (Å²) in [4.78, 5) is 0. The van der Waals surface area contributed by atoms with Gasteiger partial charge >= 0.3 is 0 Å². The third kappa shape index (κ3) is 1.65. The average molecular weight is 216 g/mol. The molecule has 0 bridgehead atoms. The van der Waals surface area contributed by atoms with Crippen molar-refractivity contribution in [3.05, 3.63) is 55.1 Å². The Morgan fingerprint density at radius 2 is 2.06 bits per heavy atom. The smallest absolute Gasteiger partial charge is 0.218 e. The predicted octanol–water partition coefficient (Wildman–Crippen LogP) is 3.00. The molecule has 1 aliphatic heterocycles. The normalized spacial score (nSPS) is 26.9. The molecular formula is C14H16O2. The van der Waals surface area contributed by atoms with E-state index in [0.29, 0.717) is 12.8 Å². The zero-order chi connectivity index (χ0) is 11.6. The summed E-state index contributed by atoms with van der Waals surface area (Å²) >= 11 is 0. The van der Waals surface area contributed by atoms with E-state index >= 15 is 0 Å². The maximum absolute atomic E-state index is 10.5. The number of fused-ring (bicyclic) bond motifs is 1. The summed E-state index contributed by atoms with van der Waals surface area (Å²) in [5.74, 6) is -0.461. The highest BCUT2D eigenvalue weighted by atomic mass is 16.6. The summed E-state index contributed by atoms with van der Waals surface area (Å²) in [6.45, 7) is 7.39. The van der Waals surface area contributed by atoms with Crippen LogP contribution < -0.4 is 4.74 Å². The highest BCUT2D eigenvalue weighted by Crippen LogP contribution is 2.46. The van der Waals surface area contributed by atoms with E-state index in [1.807, 2.05) is 30.3 Å². The van der Waals surface area contributed by atoms with Crippen LogP contribution in [0.5, 0.6) is 5.75 Å². The lowest BCUT2D eigenvalue weighted by Crippen LogP contribution is -2.37. The van der Waals surface area contributed by atoms with E-state index in [0.717, 1.165) is 11.3 Å². The van der Waals surface area contributed by atoms with Gasteiger partial charge in [0.2, 0.25) is 5.79 Å². The van der Waals surface area contributed by atoms with Gasteiger partial charge in [-0.3, -0.25) is 0 Å². The molecule has 2 atom stereocenters. The van der Waals surface area contributed by atoms with Gasteiger partial charge in [0.15, 0.2) is 0 Å². The molecular weight excluding hydrogens is 200 g/mol. The van der Waals surface area contributed by atoms with Gasteiger partial charge in [0.1, 0.15) is 5.75 Å². The number of hydrogen-bond donors (Lipinski definition) is 1. The predicted molar refractivity (Wildman–Crippen MR) is 64.4 cm³/mol. The van der Waals surface area contributed by atoms with E-state index in [4.69, 9.17) is 4.74 Å². The lowest BCUT2D eigenvalue weighted by molar-refractivity contribution is -0.136. The molecule has 0 radical (unpaired) electrons. The molecule has 1 heterocycles. The van der Waals surface area contributed by atoms with Crippen LogP contribution in [-0.2, 0) is 0 Å². The summed E-state index contributed by atoms with van der Waals surface area (Å²) in [7, 11) is 0. The molecule has 2 nitrogen and oxygen atoms in total. The first-order valence-corrected chi connectivity index (χ1v) is 5.43. The quantitative estimate of drug-likeness (QED) is 0.784. The monoisotopic (exact) mass is 216 g/mol. The molecule has 84 valence electrons. The van der Waals surface area contributed by atoms with Gasteiger partial charge in [0.25, 0.3) is 0 Å². The highest BCUT2D eigenvalue weighted by Gasteiger charge is 2.45. The number of hydrogen-bond acceptors (Lipinski definition) is 2. The third-order valence-corrected chi connectivity index (χ3v) is 2.96. The fraction of sp³-hybridized carbons (Fsp3) is 0.286. The molecule has 0 saturated heterocycles. The minimum Gasteiger partial charge on any atom is -0.461 e. The molecule has 1 N–H and O–H groups in total. The average Bonchev–Trinajstić information content (AvgIpc) is 2.53. The van der Waals surface area contributed by atoms with Crippen LogP contribution in [-0.4, -0.2) is 10.9 Å².